The van der Waals surface area contributed by atoms with Crippen molar-refractivity contribution < 1.29 is 32.3 Å². The van der Waals surface area contributed by atoms with Gasteiger partial charge in [-0.25, -0.2) is 9.18 Å². The summed E-state index contributed by atoms with van der Waals surface area (Å²) in [5.41, 5.74) is 7.12. The van der Waals surface area contributed by atoms with Crippen LogP contribution in [0.4, 0.5) is 23.4 Å². The van der Waals surface area contributed by atoms with Crippen molar-refractivity contribution in [3.8, 4) is 0 Å². The zero-order chi connectivity index (χ0) is 21.5. The molecule has 1 heterocycles. The number of aromatic nitrogens is 2. The fraction of sp³-hybridized carbons (Fsp3) is 0.312. The maximum absolute atomic E-state index is 13.4. The average molecular weight is 469 g/mol. The summed E-state index contributed by atoms with van der Waals surface area (Å²) in [6.07, 6.45) is -2.77. The van der Waals surface area contributed by atoms with Crippen molar-refractivity contribution >= 4 is 33.6 Å². The lowest BCUT2D eigenvalue weighted by Crippen LogP contribution is -2.21. The Kier molecular flexibility index (Phi) is 8.57. The van der Waals surface area contributed by atoms with Crippen molar-refractivity contribution in [2.24, 2.45) is 12.8 Å². The van der Waals surface area contributed by atoms with E-state index in [1.165, 1.54) is 6.07 Å². The predicted octanol–water partition coefficient (Wildman–Crippen LogP) is 2.99. The average Bonchev–Trinajstić information content (AvgIpc) is 2.96. The zero-order valence-corrected chi connectivity index (χ0v) is 16.1. The van der Waals surface area contributed by atoms with Gasteiger partial charge in [0.2, 0.25) is 5.91 Å². The van der Waals surface area contributed by atoms with Gasteiger partial charge in [0.1, 0.15) is 11.6 Å². The van der Waals surface area contributed by atoms with Crippen LogP contribution in [0, 0.1) is 5.82 Å². The Bertz CT molecular complexity index is 840. The van der Waals surface area contributed by atoms with Gasteiger partial charge in [0, 0.05) is 25.6 Å². The van der Waals surface area contributed by atoms with E-state index in [-0.39, 0.29) is 18.1 Å². The minimum Gasteiger partial charge on any atom is -0.475 e. The molecule has 28 heavy (non-hydrogen) atoms. The highest BCUT2D eigenvalue weighted by molar-refractivity contribution is 9.10. The summed E-state index contributed by atoms with van der Waals surface area (Å²) in [7, 11) is 1.73. The Morgan fingerprint density at radius 1 is 1.32 bits per heavy atom. The lowest BCUT2D eigenvalue weighted by molar-refractivity contribution is -0.192. The third-order valence-corrected chi connectivity index (χ3v) is 4.28. The van der Waals surface area contributed by atoms with Crippen molar-refractivity contribution in [1.29, 1.82) is 0 Å². The third kappa shape index (κ3) is 6.93. The second kappa shape index (κ2) is 10.2. The minimum atomic E-state index is -5.08. The molecule has 0 saturated carbocycles. The van der Waals surface area contributed by atoms with Crippen LogP contribution in [0.1, 0.15) is 17.5 Å². The molecule has 154 valence electrons. The summed E-state index contributed by atoms with van der Waals surface area (Å²) in [5.74, 6) is -2.65. The molecule has 0 bridgehead atoms. The Balaban J connectivity index is 0.000000480. The molecule has 0 aliphatic carbocycles. The number of carboxylic acids is 1. The zero-order valence-electron chi connectivity index (χ0n) is 14.6. The number of alkyl halides is 3. The van der Waals surface area contributed by atoms with Crippen LogP contribution in [0.3, 0.4) is 0 Å². The number of rotatable bonds is 5. The topological polar surface area (TPSA) is 110 Å². The van der Waals surface area contributed by atoms with Gasteiger partial charge < -0.3 is 16.2 Å². The number of nitrogens with one attached hydrogen (secondary N) is 1. The van der Waals surface area contributed by atoms with Gasteiger partial charge in [-0.3, -0.25) is 9.48 Å². The van der Waals surface area contributed by atoms with E-state index in [1.54, 1.807) is 30.1 Å². The molecule has 0 fully saturated rings. The van der Waals surface area contributed by atoms with Crippen LogP contribution in [0.25, 0.3) is 0 Å². The first-order valence-electron chi connectivity index (χ1n) is 7.71. The minimum absolute atomic E-state index is 0.163. The first kappa shape index (κ1) is 23.6. The molecule has 4 N–H and O–H groups in total. The number of carbonyl (C=O) groups excluding carboxylic acids is 1. The van der Waals surface area contributed by atoms with Crippen LogP contribution in [0.5, 0.6) is 0 Å². The van der Waals surface area contributed by atoms with E-state index in [1.807, 2.05) is 0 Å². The van der Waals surface area contributed by atoms with E-state index in [4.69, 9.17) is 15.6 Å². The quantitative estimate of drug-likeness (QED) is 0.584. The van der Waals surface area contributed by atoms with Gasteiger partial charge in [-0.1, -0.05) is 12.1 Å². The highest BCUT2D eigenvalue weighted by Gasteiger charge is 2.38. The Morgan fingerprint density at radius 3 is 2.46 bits per heavy atom. The monoisotopic (exact) mass is 468 g/mol. The van der Waals surface area contributed by atoms with Gasteiger partial charge in [-0.15, -0.1) is 0 Å². The molecule has 12 heteroatoms. The maximum Gasteiger partial charge on any atom is 0.490 e. The van der Waals surface area contributed by atoms with Crippen molar-refractivity contribution in [3.05, 3.63) is 45.8 Å². The van der Waals surface area contributed by atoms with E-state index in [0.29, 0.717) is 23.3 Å². The number of hydrogen-bond donors (Lipinski definition) is 3. The smallest absolute Gasteiger partial charge is 0.475 e. The first-order chi connectivity index (χ1) is 13.0. The van der Waals surface area contributed by atoms with Crippen molar-refractivity contribution in [3.63, 3.8) is 0 Å². The fourth-order valence-corrected chi connectivity index (χ4v) is 2.44. The summed E-state index contributed by atoms with van der Waals surface area (Å²) in [5, 5.41) is 14.0. The van der Waals surface area contributed by atoms with Gasteiger partial charge in [-0.05, 0) is 34.0 Å². The summed E-state index contributed by atoms with van der Waals surface area (Å²) in [6.45, 7) is 0.304. The fourth-order valence-electron chi connectivity index (χ4n) is 1.98. The molecule has 1 aromatic heterocycles. The second-order valence-corrected chi connectivity index (χ2v) is 6.20. The Morgan fingerprint density at radius 2 is 1.93 bits per heavy atom. The number of halogens is 5. The molecule has 0 aliphatic rings. The number of aliphatic carboxylic acids is 1. The van der Waals surface area contributed by atoms with Crippen molar-refractivity contribution in [2.75, 3.05) is 5.32 Å². The van der Waals surface area contributed by atoms with Crippen LogP contribution in [0.2, 0.25) is 0 Å². The lowest BCUT2D eigenvalue weighted by Gasteiger charge is -2.08. The van der Waals surface area contributed by atoms with Crippen molar-refractivity contribution in [2.45, 2.75) is 25.6 Å². The number of nitrogens with zero attached hydrogens (tertiary/aromatic N) is 2. The molecule has 0 radical (unpaired) electrons. The van der Waals surface area contributed by atoms with Crippen LogP contribution < -0.4 is 11.1 Å². The van der Waals surface area contributed by atoms with E-state index >= 15 is 0 Å². The van der Waals surface area contributed by atoms with Gasteiger partial charge in [0.25, 0.3) is 0 Å². The van der Waals surface area contributed by atoms with Gasteiger partial charge >= 0.3 is 12.1 Å². The van der Waals surface area contributed by atoms with E-state index in [0.717, 1.165) is 11.1 Å². The van der Waals surface area contributed by atoms with Gasteiger partial charge in [0.15, 0.2) is 0 Å². The number of hydrogen-bond acceptors (Lipinski definition) is 4. The number of carbonyl (C=O) groups is 2. The standard InChI is InChI=1S/C14H16BrFN4O.C2HF3O2/c1-20-14(10(7-17)8-18-20)19-12(21)6-5-9-3-2-4-11(16)13(9)15;3-2(4,5)1(6)7/h2-4,8H,5-7,17H2,1H3,(H,19,21);(H,6,7). The molecule has 0 saturated heterocycles. The molecule has 0 aliphatic heterocycles. The third-order valence-electron chi connectivity index (χ3n) is 3.39. The summed E-state index contributed by atoms with van der Waals surface area (Å²) in [6, 6.07) is 4.79. The van der Waals surface area contributed by atoms with Crippen LogP contribution in [-0.2, 0) is 29.6 Å². The lowest BCUT2D eigenvalue weighted by atomic mass is 10.1. The maximum atomic E-state index is 13.4. The number of carboxylic acid groups (broad SMARTS) is 1. The van der Waals surface area contributed by atoms with Gasteiger partial charge in [-0.2, -0.15) is 18.3 Å². The molecular formula is C16H17BrF4N4O3. The second-order valence-electron chi connectivity index (χ2n) is 5.41. The number of nitrogens with two attached hydrogens (primary N) is 1. The van der Waals surface area contributed by atoms with Crippen LogP contribution in [-0.4, -0.2) is 32.9 Å². The number of amides is 1. The Hall–Kier alpha value is -2.47. The summed E-state index contributed by atoms with van der Waals surface area (Å²) >= 11 is 3.19. The van der Waals surface area contributed by atoms with Gasteiger partial charge in [0.05, 0.1) is 10.7 Å². The van der Waals surface area contributed by atoms with E-state index < -0.39 is 12.1 Å². The largest absolute Gasteiger partial charge is 0.490 e. The highest BCUT2D eigenvalue weighted by Crippen LogP contribution is 2.22. The molecular weight excluding hydrogens is 452 g/mol. The summed E-state index contributed by atoms with van der Waals surface area (Å²) < 4.78 is 47.1. The molecule has 2 aromatic rings. The Labute approximate surface area is 165 Å². The SMILES string of the molecule is Cn1ncc(CN)c1NC(=O)CCc1cccc(F)c1Br.O=C(O)C(F)(F)F. The van der Waals surface area contributed by atoms with Crippen molar-refractivity contribution in [1.82, 2.24) is 9.78 Å². The summed E-state index contributed by atoms with van der Waals surface area (Å²) in [4.78, 5) is 20.9. The number of anilines is 1. The molecule has 0 atom stereocenters. The molecule has 0 unspecified atom stereocenters. The predicted molar refractivity (Wildman–Crippen MR) is 95.8 cm³/mol. The molecule has 1 amide bonds. The van der Waals surface area contributed by atoms with Crippen LogP contribution >= 0.6 is 15.9 Å². The molecule has 0 spiro atoms. The van der Waals surface area contributed by atoms with E-state index in [2.05, 4.69) is 26.3 Å². The first-order valence-corrected chi connectivity index (χ1v) is 8.50. The van der Waals surface area contributed by atoms with Crippen LogP contribution in [0.15, 0.2) is 28.9 Å². The highest BCUT2D eigenvalue weighted by atomic mass is 79.9. The molecule has 2 rings (SSSR count). The van der Waals surface area contributed by atoms with E-state index in [9.17, 15) is 22.4 Å². The molecule has 1 aromatic carbocycles. The normalized spacial score (nSPS) is 10.8. The number of benzene rings is 1. The molecule has 7 nitrogen and oxygen atoms in total. The number of aryl methyl sites for hydroxylation is 2.